The van der Waals surface area contributed by atoms with Gasteiger partial charge in [-0.05, 0) is 25.7 Å². The molecule has 0 aliphatic carbocycles. The van der Waals surface area contributed by atoms with Crippen molar-refractivity contribution in [2.75, 3.05) is 53.1 Å². The van der Waals surface area contributed by atoms with Gasteiger partial charge in [0.2, 0.25) is 0 Å². The average molecular weight is 276 g/mol. The van der Waals surface area contributed by atoms with Gasteiger partial charge >= 0.3 is 0 Å². The molecule has 0 spiro atoms. The zero-order valence-electron chi connectivity index (χ0n) is 12.6. The Kier molecular flexibility index (Phi) is 17.6. The maximum absolute atomic E-state index is 5.34. The van der Waals surface area contributed by atoms with Gasteiger partial charge in [-0.1, -0.05) is 13.8 Å². The van der Waals surface area contributed by atoms with Crippen LogP contribution in [0.3, 0.4) is 0 Å². The van der Waals surface area contributed by atoms with E-state index >= 15 is 0 Å². The molecule has 0 saturated carbocycles. The lowest BCUT2D eigenvalue weighted by molar-refractivity contribution is 0.0353. The van der Waals surface area contributed by atoms with Gasteiger partial charge < -0.3 is 18.9 Å². The molecule has 0 bridgehead atoms. The molecular formula is C14H30NO4. The second-order valence-corrected chi connectivity index (χ2v) is 4.23. The fourth-order valence-electron chi connectivity index (χ4n) is 1.31. The fourth-order valence-corrected chi connectivity index (χ4v) is 1.31. The first-order chi connectivity index (χ1) is 9.41. The number of rotatable bonds is 16. The Morgan fingerprint density at radius 2 is 1.00 bits per heavy atom. The van der Waals surface area contributed by atoms with Crippen LogP contribution in [-0.4, -0.2) is 53.1 Å². The van der Waals surface area contributed by atoms with E-state index in [9.17, 15) is 0 Å². The minimum atomic E-state index is 0.403. The van der Waals surface area contributed by atoms with Crippen molar-refractivity contribution in [1.82, 2.24) is 5.32 Å². The van der Waals surface area contributed by atoms with Crippen molar-refractivity contribution in [2.45, 2.75) is 39.5 Å². The predicted octanol–water partition coefficient (Wildman–Crippen LogP) is 2.17. The summed E-state index contributed by atoms with van der Waals surface area (Å²) in [6.07, 6.45) is 3.98. The smallest absolute Gasteiger partial charge is 0.115 e. The molecule has 0 unspecified atom stereocenters. The van der Waals surface area contributed by atoms with Crippen molar-refractivity contribution < 1.29 is 18.9 Å². The summed E-state index contributed by atoms with van der Waals surface area (Å²) in [6.45, 7) is 9.59. The van der Waals surface area contributed by atoms with E-state index in [1.165, 1.54) is 0 Å². The highest BCUT2D eigenvalue weighted by Crippen LogP contribution is 1.88. The highest BCUT2D eigenvalue weighted by atomic mass is 16.5. The maximum Gasteiger partial charge on any atom is 0.115 e. The third-order valence-corrected chi connectivity index (χ3v) is 2.22. The Labute approximate surface area is 117 Å². The van der Waals surface area contributed by atoms with E-state index in [0.717, 1.165) is 52.1 Å². The molecule has 0 aromatic rings. The Bertz CT molecular complexity index is 142. The van der Waals surface area contributed by atoms with E-state index in [1.54, 1.807) is 0 Å². The van der Waals surface area contributed by atoms with E-state index in [0.29, 0.717) is 26.7 Å². The van der Waals surface area contributed by atoms with E-state index in [2.05, 4.69) is 19.2 Å². The topological polar surface area (TPSA) is 51.0 Å². The summed E-state index contributed by atoms with van der Waals surface area (Å²) in [6, 6.07) is 0. The van der Waals surface area contributed by atoms with Crippen molar-refractivity contribution in [3.63, 3.8) is 0 Å². The van der Waals surface area contributed by atoms with Gasteiger partial charge in [0.15, 0.2) is 0 Å². The van der Waals surface area contributed by atoms with Crippen LogP contribution in [0.4, 0.5) is 0 Å². The first-order valence-corrected chi connectivity index (χ1v) is 7.36. The SMILES string of the molecule is CCCOCCCOC[N]COCCCOCCC. The van der Waals surface area contributed by atoms with Gasteiger partial charge in [-0.3, -0.25) is 0 Å². The number of ether oxygens (including phenoxy) is 4. The van der Waals surface area contributed by atoms with Gasteiger partial charge in [0, 0.05) is 26.4 Å². The first kappa shape index (κ1) is 18.8. The molecule has 5 heteroatoms. The van der Waals surface area contributed by atoms with Crippen LogP contribution in [0.2, 0.25) is 0 Å². The lowest BCUT2D eigenvalue weighted by Gasteiger charge is -2.06. The second-order valence-electron chi connectivity index (χ2n) is 4.23. The largest absolute Gasteiger partial charge is 0.381 e. The van der Waals surface area contributed by atoms with Crippen molar-refractivity contribution in [3.8, 4) is 0 Å². The van der Waals surface area contributed by atoms with Crippen LogP contribution in [0.1, 0.15) is 39.5 Å². The van der Waals surface area contributed by atoms with Gasteiger partial charge in [0.25, 0.3) is 0 Å². The number of hydrogen-bond acceptors (Lipinski definition) is 4. The lowest BCUT2D eigenvalue weighted by atomic mass is 10.5. The third-order valence-electron chi connectivity index (χ3n) is 2.22. The van der Waals surface area contributed by atoms with E-state index < -0.39 is 0 Å². The van der Waals surface area contributed by atoms with Crippen LogP contribution in [0.15, 0.2) is 0 Å². The Hall–Kier alpha value is -0.200. The van der Waals surface area contributed by atoms with E-state index in [4.69, 9.17) is 18.9 Å². The van der Waals surface area contributed by atoms with Crippen molar-refractivity contribution in [1.29, 1.82) is 0 Å². The molecule has 0 saturated heterocycles. The molecular weight excluding hydrogens is 246 g/mol. The van der Waals surface area contributed by atoms with Gasteiger partial charge in [-0.25, -0.2) is 0 Å². The minimum Gasteiger partial charge on any atom is -0.381 e. The molecule has 1 radical (unpaired) electrons. The van der Waals surface area contributed by atoms with Crippen LogP contribution in [0, 0.1) is 0 Å². The van der Waals surface area contributed by atoms with Crippen LogP contribution in [-0.2, 0) is 18.9 Å². The van der Waals surface area contributed by atoms with Gasteiger partial charge in [-0.2, -0.15) is 5.32 Å². The molecule has 0 N–H and O–H groups in total. The summed E-state index contributed by atoms with van der Waals surface area (Å²) in [5, 5.41) is 4.11. The van der Waals surface area contributed by atoms with Crippen LogP contribution in [0.25, 0.3) is 0 Å². The summed E-state index contributed by atoms with van der Waals surface area (Å²) >= 11 is 0. The van der Waals surface area contributed by atoms with Crippen LogP contribution >= 0.6 is 0 Å². The van der Waals surface area contributed by atoms with Gasteiger partial charge in [-0.15, -0.1) is 0 Å². The highest BCUT2D eigenvalue weighted by Gasteiger charge is 1.92. The van der Waals surface area contributed by atoms with Gasteiger partial charge in [0.05, 0.1) is 13.2 Å². The van der Waals surface area contributed by atoms with Crippen LogP contribution < -0.4 is 5.32 Å². The molecule has 0 aliphatic rings. The van der Waals surface area contributed by atoms with Crippen molar-refractivity contribution >= 4 is 0 Å². The van der Waals surface area contributed by atoms with Crippen molar-refractivity contribution in [3.05, 3.63) is 0 Å². The quantitative estimate of drug-likeness (QED) is 0.405. The Morgan fingerprint density at radius 1 is 0.579 bits per heavy atom. The summed E-state index contributed by atoms with van der Waals surface area (Å²) < 4.78 is 21.3. The number of nitrogens with zero attached hydrogens (tertiary/aromatic N) is 1. The van der Waals surface area contributed by atoms with Gasteiger partial charge in [0.1, 0.15) is 13.5 Å². The zero-order valence-corrected chi connectivity index (χ0v) is 12.6. The molecule has 0 aromatic carbocycles. The molecule has 19 heavy (non-hydrogen) atoms. The molecule has 5 nitrogen and oxygen atoms in total. The van der Waals surface area contributed by atoms with Crippen molar-refractivity contribution in [2.24, 2.45) is 0 Å². The molecule has 0 atom stereocenters. The summed E-state index contributed by atoms with van der Waals surface area (Å²) in [4.78, 5) is 0. The molecule has 0 aliphatic heterocycles. The normalized spacial score (nSPS) is 11.1. The fraction of sp³-hybridized carbons (Fsp3) is 1.00. The van der Waals surface area contributed by atoms with E-state index in [-0.39, 0.29) is 0 Å². The third kappa shape index (κ3) is 17.8. The molecule has 0 amide bonds. The minimum absolute atomic E-state index is 0.403. The maximum atomic E-state index is 5.34. The Balaban J connectivity index is 2.88. The predicted molar refractivity (Wildman–Crippen MR) is 75.2 cm³/mol. The molecule has 0 heterocycles. The zero-order chi connectivity index (χ0) is 14.0. The second kappa shape index (κ2) is 17.8. The number of hydrogen-bond donors (Lipinski definition) is 0. The molecule has 0 rings (SSSR count). The highest BCUT2D eigenvalue weighted by molar-refractivity contribution is 4.36. The summed E-state index contributed by atoms with van der Waals surface area (Å²) in [5.41, 5.74) is 0. The van der Waals surface area contributed by atoms with E-state index in [1.807, 2.05) is 0 Å². The monoisotopic (exact) mass is 276 g/mol. The molecule has 0 aromatic heterocycles. The molecule has 115 valence electrons. The summed E-state index contributed by atoms with van der Waals surface area (Å²) in [5.74, 6) is 0. The van der Waals surface area contributed by atoms with Crippen LogP contribution in [0.5, 0.6) is 0 Å². The first-order valence-electron chi connectivity index (χ1n) is 7.36. The average Bonchev–Trinajstić information content (AvgIpc) is 2.43. The summed E-state index contributed by atoms with van der Waals surface area (Å²) in [7, 11) is 0. The molecule has 0 fully saturated rings. The lowest BCUT2D eigenvalue weighted by Crippen LogP contribution is -2.16. The standard InChI is InChI=1S/C14H30NO4/c1-3-7-16-9-5-11-18-13-15-14-19-12-6-10-17-8-4-2/h3-14H2,1-2H3. The Morgan fingerprint density at radius 3 is 1.42 bits per heavy atom.